The van der Waals surface area contributed by atoms with Gasteiger partial charge in [0, 0.05) is 37.9 Å². The molecular formula is C19H25NO5. The molecule has 6 heteroatoms. The summed E-state index contributed by atoms with van der Waals surface area (Å²) in [5.74, 6) is 0.205. The molecule has 0 radical (unpaired) electrons. The molecule has 2 aliphatic rings. The second kappa shape index (κ2) is 8.34. The first-order valence-electron chi connectivity index (χ1n) is 8.97. The van der Waals surface area contributed by atoms with Gasteiger partial charge in [0.25, 0.3) is 5.91 Å². The summed E-state index contributed by atoms with van der Waals surface area (Å²) < 4.78 is 11.2. The van der Waals surface area contributed by atoms with Crippen LogP contribution in [0.5, 0.6) is 5.75 Å². The zero-order valence-corrected chi connectivity index (χ0v) is 14.4. The Bertz CT molecular complexity index is 586. The lowest BCUT2D eigenvalue weighted by Crippen LogP contribution is -2.38. The molecule has 2 aliphatic heterocycles. The Balaban J connectivity index is 1.51. The zero-order valence-electron chi connectivity index (χ0n) is 14.4. The lowest BCUT2D eigenvalue weighted by atomic mass is 9.93. The Morgan fingerprint density at radius 1 is 1.08 bits per heavy atom. The molecule has 0 aromatic heterocycles. The molecular weight excluding hydrogens is 322 g/mol. The van der Waals surface area contributed by atoms with Gasteiger partial charge in [0.1, 0.15) is 11.9 Å². The fourth-order valence-corrected chi connectivity index (χ4v) is 3.43. The molecule has 2 heterocycles. The standard InChI is InChI=1S/C19H25NO5/c21-18(22)13-14-5-9-20(10-6-14)19(23)15-1-3-16(4-2-15)25-17-7-11-24-12-8-17/h1-4,14,17H,5-13H2,(H,21,22). The summed E-state index contributed by atoms with van der Waals surface area (Å²) in [6.45, 7) is 2.71. The first kappa shape index (κ1) is 17.7. The predicted octanol–water partition coefficient (Wildman–Crippen LogP) is 2.57. The Morgan fingerprint density at radius 3 is 2.32 bits per heavy atom. The van der Waals surface area contributed by atoms with E-state index in [2.05, 4.69) is 0 Å². The zero-order chi connectivity index (χ0) is 17.6. The second-order valence-corrected chi connectivity index (χ2v) is 6.79. The Labute approximate surface area is 147 Å². The summed E-state index contributed by atoms with van der Waals surface area (Å²) in [6, 6.07) is 7.31. The van der Waals surface area contributed by atoms with Crippen molar-refractivity contribution in [3.63, 3.8) is 0 Å². The molecule has 0 aliphatic carbocycles. The molecule has 0 bridgehead atoms. The fraction of sp³-hybridized carbons (Fsp3) is 0.579. The van der Waals surface area contributed by atoms with E-state index in [1.54, 1.807) is 12.1 Å². The number of likely N-dealkylation sites (tertiary alicyclic amines) is 1. The largest absolute Gasteiger partial charge is 0.490 e. The van der Waals surface area contributed by atoms with Crippen LogP contribution in [0.25, 0.3) is 0 Å². The van der Waals surface area contributed by atoms with E-state index in [9.17, 15) is 9.59 Å². The first-order chi connectivity index (χ1) is 12.1. The highest BCUT2D eigenvalue weighted by Gasteiger charge is 2.25. The minimum absolute atomic E-state index is 0.00592. The minimum Gasteiger partial charge on any atom is -0.490 e. The van der Waals surface area contributed by atoms with Gasteiger partial charge in [0.15, 0.2) is 0 Å². The SMILES string of the molecule is O=C(O)CC1CCN(C(=O)c2ccc(OC3CCOCC3)cc2)CC1. The number of carbonyl (C=O) groups is 2. The number of hydrogen-bond donors (Lipinski definition) is 1. The van der Waals surface area contributed by atoms with Crippen molar-refractivity contribution in [3.8, 4) is 5.75 Å². The third-order valence-electron chi connectivity index (χ3n) is 4.94. The maximum Gasteiger partial charge on any atom is 0.303 e. The van der Waals surface area contributed by atoms with E-state index in [1.165, 1.54) is 0 Å². The number of benzene rings is 1. The second-order valence-electron chi connectivity index (χ2n) is 6.79. The van der Waals surface area contributed by atoms with Gasteiger partial charge < -0.3 is 19.5 Å². The molecule has 2 saturated heterocycles. The third kappa shape index (κ3) is 4.95. The van der Waals surface area contributed by atoms with E-state index in [1.807, 2.05) is 17.0 Å². The van der Waals surface area contributed by atoms with Crippen molar-refractivity contribution in [2.45, 2.75) is 38.2 Å². The molecule has 6 nitrogen and oxygen atoms in total. The molecule has 1 amide bonds. The van der Waals surface area contributed by atoms with Crippen LogP contribution in [-0.4, -0.2) is 54.3 Å². The van der Waals surface area contributed by atoms with E-state index in [-0.39, 0.29) is 24.3 Å². The van der Waals surface area contributed by atoms with Gasteiger partial charge in [-0.2, -0.15) is 0 Å². The van der Waals surface area contributed by atoms with E-state index < -0.39 is 5.97 Å². The van der Waals surface area contributed by atoms with Crippen LogP contribution in [0.3, 0.4) is 0 Å². The maximum atomic E-state index is 12.6. The Morgan fingerprint density at radius 2 is 1.72 bits per heavy atom. The van der Waals surface area contributed by atoms with Crippen molar-refractivity contribution in [1.82, 2.24) is 4.90 Å². The highest BCUT2D eigenvalue weighted by Crippen LogP contribution is 2.23. The van der Waals surface area contributed by atoms with Crippen molar-refractivity contribution in [2.24, 2.45) is 5.92 Å². The number of rotatable bonds is 5. The van der Waals surface area contributed by atoms with Crippen LogP contribution in [0, 0.1) is 5.92 Å². The molecule has 0 unspecified atom stereocenters. The quantitative estimate of drug-likeness (QED) is 0.886. The van der Waals surface area contributed by atoms with Gasteiger partial charge in [-0.25, -0.2) is 0 Å². The summed E-state index contributed by atoms with van der Waals surface area (Å²) in [5, 5.41) is 8.86. The summed E-state index contributed by atoms with van der Waals surface area (Å²) in [6.07, 6.45) is 3.67. The molecule has 3 rings (SSSR count). The highest BCUT2D eigenvalue weighted by molar-refractivity contribution is 5.94. The fourth-order valence-electron chi connectivity index (χ4n) is 3.43. The van der Waals surface area contributed by atoms with E-state index in [0.29, 0.717) is 18.7 Å². The van der Waals surface area contributed by atoms with E-state index in [4.69, 9.17) is 14.6 Å². The predicted molar refractivity (Wildman–Crippen MR) is 91.8 cm³/mol. The van der Waals surface area contributed by atoms with Crippen molar-refractivity contribution in [1.29, 1.82) is 0 Å². The van der Waals surface area contributed by atoms with E-state index in [0.717, 1.165) is 44.6 Å². The molecule has 0 atom stereocenters. The number of carboxylic acid groups (broad SMARTS) is 1. The van der Waals surface area contributed by atoms with Gasteiger partial charge >= 0.3 is 5.97 Å². The van der Waals surface area contributed by atoms with Crippen LogP contribution >= 0.6 is 0 Å². The molecule has 0 saturated carbocycles. The number of hydrogen-bond acceptors (Lipinski definition) is 4. The van der Waals surface area contributed by atoms with Gasteiger partial charge in [0.2, 0.25) is 0 Å². The van der Waals surface area contributed by atoms with Crippen molar-refractivity contribution in [3.05, 3.63) is 29.8 Å². The minimum atomic E-state index is -0.759. The van der Waals surface area contributed by atoms with Crippen LogP contribution in [0.15, 0.2) is 24.3 Å². The molecule has 1 aromatic rings. The Kier molecular flexibility index (Phi) is 5.91. The number of nitrogens with zero attached hydrogens (tertiary/aromatic N) is 1. The lowest BCUT2D eigenvalue weighted by molar-refractivity contribution is -0.138. The average Bonchev–Trinajstić information content (AvgIpc) is 2.63. The first-order valence-corrected chi connectivity index (χ1v) is 8.97. The summed E-state index contributed by atoms with van der Waals surface area (Å²) in [7, 11) is 0. The molecule has 136 valence electrons. The van der Waals surface area contributed by atoms with Gasteiger partial charge in [-0.1, -0.05) is 0 Å². The summed E-state index contributed by atoms with van der Waals surface area (Å²) >= 11 is 0. The van der Waals surface area contributed by atoms with Crippen molar-refractivity contribution < 1.29 is 24.2 Å². The molecule has 1 N–H and O–H groups in total. The van der Waals surface area contributed by atoms with Gasteiger partial charge in [-0.05, 0) is 43.0 Å². The van der Waals surface area contributed by atoms with Crippen LogP contribution in [-0.2, 0) is 9.53 Å². The summed E-state index contributed by atoms with van der Waals surface area (Å²) in [5.41, 5.74) is 0.649. The van der Waals surface area contributed by atoms with Crippen LogP contribution in [0.4, 0.5) is 0 Å². The van der Waals surface area contributed by atoms with Crippen LogP contribution < -0.4 is 4.74 Å². The third-order valence-corrected chi connectivity index (χ3v) is 4.94. The highest BCUT2D eigenvalue weighted by atomic mass is 16.5. The molecule has 2 fully saturated rings. The smallest absolute Gasteiger partial charge is 0.303 e. The number of carboxylic acids is 1. The number of aliphatic carboxylic acids is 1. The topological polar surface area (TPSA) is 76.1 Å². The normalized spacial score (nSPS) is 19.6. The number of ether oxygens (including phenoxy) is 2. The monoisotopic (exact) mass is 347 g/mol. The van der Waals surface area contributed by atoms with Crippen molar-refractivity contribution in [2.75, 3.05) is 26.3 Å². The maximum absolute atomic E-state index is 12.6. The average molecular weight is 347 g/mol. The van der Waals surface area contributed by atoms with Gasteiger partial charge in [-0.15, -0.1) is 0 Å². The molecule has 0 spiro atoms. The molecule has 1 aromatic carbocycles. The number of carbonyl (C=O) groups excluding carboxylic acids is 1. The lowest BCUT2D eigenvalue weighted by Gasteiger charge is -2.31. The molecule has 25 heavy (non-hydrogen) atoms. The Hall–Kier alpha value is -2.08. The van der Waals surface area contributed by atoms with Gasteiger partial charge in [0.05, 0.1) is 13.2 Å². The van der Waals surface area contributed by atoms with Crippen LogP contribution in [0.1, 0.15) is 42.5 Å². The summed E-state index contributed by atoms with van der Waals surface area (Å²) in [4.78, 5) is 25.2. The van der Waals surface area contributed by atoms with E-state index >= 15 is 0 Å². The number of amides is 1. The van der Waals surface area contributed by atoms with Crippen molar-refractivity contribution >= 4 is 11.9 Å². The van der Waals surface area contributed by atoms with Gasteiger partial charge in [-0.3, -0.25) is 9.59 Å². The number of piperidine rings is 1. The van der Waals surface area contributed by atoms with Crippen LogP contribution in [0.2, 0.25) is 0 Å².